The lowest BCUT2D eigenvalue weighted by atomic mass is 10.3. The van der Waals surface area contributed by atoms with Crippen LogP contribution in [-0.2, 0) is 0 Å². The molecule has 0 fully saturated rings. The Morgan fingerprint density at radius 3 is 2.64 bits per heavy atom. The minimum Gasteiger partial charge on any atom is -0.292 e. The minimum atomic E-state index is 0.152. The molecule has 78 valence electrons. The summed E-state index contributed by atoms with van der Waals surface area (Å²) in [4.78, 5) is 12.6. The van der Waals surface area contributed by atoms with Gasteiger partial charge in [-0.05, 0) is 27.4 Å². The third kappa shape index (κ3) is 3.75. The number of thioether (sulfide) groups is 1. The number of thiophene rings is 1. The van der Waals surface area contributed by atoms with Gasteiger partial charge in [-0.1, -0.05) is 20.8 Å². The van der Waals surface area contributed by atoms with E-state index in [1.54, 1.807) is 11.8 Å². The highest BCUT2D eigenvalue weighted by Crippen LogP contribution is 2.28. The van der Waals surface area contributed by atoms with Crippen LogP contribution < -0.4 is 0 Å². The first-order chi connectivity index (χ1) is 6.40. The van der Waals surface area contributed by atoms with E-state index in [0.717, 1.165) is 9.35 Å². The van der Waals surface area contributed by atoms with Crippen molar-refractivity contribution in [1.29, 1.82) is 0 Å². The van der Waals surface area contributed by atoms with E-state index in [1.807, 2.05) is 11.4 Å². The number of carbonyl (C=O) groups excluding carboxylic acids is 1. The Balaban J connectivity index is 2.56. The monoisotopic (exact) mass is 292 g/mol. The van der Waals surface area contributed by atoms with Crippen molar-refractivity contribution >= 4 is 44.8 Å². The molecule has 14 heavy (non-hydrogen) atoms. The largest absolute Gasteiger partial charge is 0.292 e. The number of rotatable bonds is 3. The van der Waals surface area contributed by atoms with Crippen LogP contribution in [-0.4, -0.2) is 16.3 Å². The molecule has 0 aromatic carbocycles. The molecule has 0 unspecified atom stereocenters. The van der Waals surface area contributed by atoms with Gasteiger partial charge in [0, 0.05) is 9.22 Å². The second-order valence-electron chi connectivity index (χ2n) is 3.92. The predicted octanol–water partition coefficient (Wildman–Crippen LogP) is 4.23. The third-order valence-corrected chi connectivity index (χ3v) is 4.66. The smallest absolute Gasteiger partial charge is 0.183 e. The van der Waals surface area contributed by atoms with E-state index in [4.69, 9.17) is 0 Å². The molecule has 4 heteroatoms. The molecule has 0 N–H and O–H groups in total. The Hall–Kier alpha value is 0.200. The Bertz CT molecular complexity index is 325. The molecule has 0 atom stereocenters. The van der Waals surface area contributed by atoms with Gasteiger partial charge in [0.15, 0.2) is 5.78 Å². The van der Waals surface area contributed by atoms with Gasteiger partial charge < -0.3 is 0 Å². The lowest BCUT2D eigenvalue weighted by Crippen LogP contribution is -2.12. The van der Waals surface area contributed by atoms with Gasteiger partial charge in [-0.3, -0.25) is 4.79 Å². The van der Waals surface area contributed by atoms with E-state index in [2.05, 4.69) is 36.7 Å². The highest BCUT2D eigenvalue weighted by molar-refractivity contribution is 9.10. The van der Waals surface area contributed by atoms with Crippen LogP contribution in [0.1, 0.15) is 30.4 Å². The van der Waals surface area contributed by atoms with Crippen LogP contribution in [0, 0.1) is 0 Å². The van der Waals surface area contributed by atoms with E-state index >= 15 is 0 Å². The standard InChI is InChI=1S/C10H13BrOS2/c1-10(2,3)14-6-8(12)9-7(11)4-5-13-9/h4-5H,6H2,1-3H3. The van der Waals surface area contributed by atoms with Gasteiger partial charge in [-0.15, -0.1) is 23.1 Å². The van der Waals surface area contributed by atoms with Crippen LogP contribution in [0.3, 0.4) is 0 Å². The molecular weight excluding hydrogens is 280 g/mol. The molecule has 1 nitrogen and oxygen atoms in total. The first kappa shape index (κ1) is 12.3. The number of carbonyl (C=O) groups is 1. The van der Waals surface area contributed by atoms with E-state index in [9.17, 15) is 4.79 Å². The molecule has 0 spiro atoms. The van der Waals surface area contributed by atoms with Crippen molar-refractivity contribution in [3.05, 3.63) is 20.8 Å². The van der Waals surface area contributed by atoms with Crippen molar-refractivity contribution in [3.8, 4) is 0 Å². The summed E-state index contributed by atoms with van der Waals surface area (Å²) in [5.41, 5.74) is 0. The van der Waals surface area contributed by atoms with Crippen LogP contribution in [0.4, 0.5) is 0 Å². The summed E-state index contributed by atoms with van der Waals surface area (Å²) in [5, 5.41) is 1.93. The maximum Gasteiger partial charge on any atom is 0.183 e. The second kappa shape index (κ2) is 4.81. The van der Waals surface area contributed by atoms with Gasteiger partial charge in [0.1, 0.15) is 0 Å². The molecule has 0 amide bonds. The zero-order valence-corrected chi connectivity index (χ0v) is 11.7. The van der Waals surface area contributed by atoms with Gasteiger partial charge in [0.2, 0.25) is 0 Å². The summed E-state index contributed by atoms with van der Waals surface area (Å²) in [6.07, 6.45) is 0. The van der Waals surface area contributed by atoms with E-state index in [1.165, 1.54) is 11.3 Å². The lowest BCUT2D eigenvalue weighted by Gasteiger charge is -2.16. The van der Waals surface area contributed by atoms with Gasteiger partial charge in [0.05, 0.1) is 10.6 Å². The number of halogens is 1. The van der Waals surface area contributed by atoms with Crippen LogP contribution in [0.2, 0.25) is 0 Å². The molecule has 0 radical (unpaired) electrons. The number of hydrogen-bond acceptors (Lipinski definition) is 3. The molecule has 1 rings (SSSR count). The molecule has 0 aliphatic carbocycles. The average molecular weight is 293 g/mol. The fraction of sp³-hybridized carbons (Fsp3) is 0.500. The molecular formula is C10H13BrOS2. The fourth-order valence-electron chi connectivity index (χ4n) is 0.840. The summed E-state index contributed by atoms with van der Waals surface area (Å²) >= 11 is 6.55. The Morgan fingerprint density at radius 2 is 2.21 bits per heavy atom. The molecule has 1 aromatic rings. The predicted molar refractivity (Wildman–Crippen MR) is 68.6 cm³/mol. The summed E-state index contributed by atoms with van der Waals surface area (Å²) in [6, 6.07) is 1.92. The molecule has 0 aliphatic rings. The second-order valence-corrected chi connectivity index (χ2v) is 7.49. The Morgan fingerprint density at radius 1 is 1.57 bits per heavy atom. The molecule has 0 saturated heterocycles. The van der Waals surface area contributed by atoms with Crippen LogP contribution in [0.5, 0.6) is 0 Å². The highest BCUT2D eigenvalue weighted by atomic mass is 79.9. The maximum absolute atomic E-state index is 11.7. The van der Waals surface area contributed by atoms with Crippen molar-refractivity contribution in [3.63, 3.8) is 0 Å². The Labute approximate surface area is 101 Å². The molecule has 0 bridgehead atoms. The summed E-state index contributed by atoms with van der Waals surface area (Å²) in [5.74, 6) is 0.773. The van der Waals surface area contributed by atoms with Crippen molar-refractivity contribution in [2.45, 2.75) is 25.5 Å². The van der Waals surface area contributed by atoms with E-state index in [-0.39, 0.29) is 10.5 Å². The van der Waals surface area contributed by atoms with Crippen LogP contribution in [0.25, 0.3) is 0 Å². The SMILES string of the molecule is CC(C)(C)SCC(=O)c1sccc1Br. The molecule has 1 aromatic heterocycles. The number of hydrogen-bond donors (Lipinski definition) is 0. The molecule has 0 aliphatic heterocycles. The summed E-state index contributed by atoms with van der Waals surface area (Å²) < 4.78 is 1.07. The first-order valence-electron chi connectivity index (χ1n) is 4.30. The fourth-order valence-corrected chi connectivity index (χ4v) is 3.17. The highest BCUT2D eigenvalue weighted by Gasteiger charge is 2.16. The van der Waals surface area contributed by atoms with Crippen LogP contribution >= 0.6 is 39.0 Å². The van der Waals surface area contributed by atoms with Gasteiger partial charge >= 0.3 is 0 Å². The summed E-state index contributed by atoms with van der Waals surface area (Å²) in [7, 11) is 0. The topological polar surface area (TPSA) is 17.1 Å². The lowest BCUT2D eigenvalue weighted by molar-refractivity contribution is 0.102. The number of ketones is 1. The van der Waals surface area contributed by atoms with Crippen molar-refractivity contribution in [1.82, 2.24) is 0 Å². The van der Waals surface area contributed by atoms with Crippen LogP contribution in [0.15, 0.2) is 15.9 Å². The van der Waals surface area contributed by atoms with Crippen molar-refractivity contribution < 1.29 is 4.79 Å². The van der Waals surface area contributed by atoms with E-state index < -0.39 is 0 Å². The quantitative estimate of drug-likeness (QED) is 0.776. The third-order valence-electron chi connectivity index (χ3n) is 1.51. The van der Waals surface area contributed by atoms with Gasteiger partial charge in [-0.25, -0.2) is 0 Å². The van der Waals surface area contributed by atoms with Crippen molar-refractivity contribution in [2.24, 2.45) is 0 Å². The van der Waals surface area contributed by atoms with Crippen molar-refractivity contribution in [2.75, 3.05) is 5.75 Å². The first-order valence-corrected chi connectivity index (χ1v) is 6.96. The van der Waals surface area contributed by atoms with Gasteiger partial charge in [0.25, 0.3) is 0 Å². The van der Waals surface area contributed by atoms with E-state index in [0.29, 0.717) is 5.75 Å². The zero-order valence-electron chi connectivity index (χ0n) is 8.46. The minimum absolute atomic E-state index is 0.152. The maximum atomic E-state index is 11.7. The number of Topliss-reactive ketones (excluding diaryl/α,β-unsaturated/α-hetero) is 1. The summed E-state index contributed by atoms with van der Waals surface area (Å²) in [6.45, 7) is 6.36. The molecule has 1 heterocycles. The van der Waals surface area contributed by atoms with Gasteiger partial charge in [-0.2, -0.15) is 0 Å². The Kier molecular flexibility index (Phi) is 4.22. The molecule has 0 saturated carbocycles. The zero-order chi connectivity index (χ0) is 10.8. The average Bonchev–Trinajstić information content (AvgIpc) is 2.46. The normalized spacial score (nSPS) is 11.7.